The van der Waals surface area contributed by atoms with E-state index in [-0.39, 0.29) is 24.5 Å². The van der Waals surface area contributed by atoms with Crippen LogP contribution in [0.1, 0.15) is 32.6 Å². The minimum atomic E-state index is -5.85. The molecular formula is C10H14F2O6S. The van der Waals surface area contributed by atoms with E-state index in [4.69, 9.17) is 4.55 Å². The lowest BCUT2D eigenvalue weighted by Crippen LogP contribution is -2.41. The predicted octanol–water partition coefficient (Wildman–Crippen LogP) is 1.16. The third kappa shape index (κ3) is 3.69. The smallest absolute Gasteiger partial charge is 0.457 e. The van der Waals surface area contributed by atoms with Gasteiger partial charge in [0.15, 0.2) is 0 Å². The fourth-order valence-corrected chi connectivity index (χ4v) is 2.13. The molecule has 1 aliphatic carbocycles. The summed E-state index contributed by atoms with van der Waals surface area (Å²) in [7, 11) is -5.85. The van der Waals surface area contributed by atoms with E-state index in [9.17, 15) is 26.8 Å². The van der Waals surface area contributed by atoms with Crippen LogP contribution in [0.2, 0.25) is 0 Å². The Labute approximate surface area is 108 Å². The van der Waals surface area contributed by atoms with Crippen molar-refractivity contribution in [2.24, 2.45) is 5.92 Å². The normalized spacial score (nSPS) is 20.1. The van der Waals surface area contributed by atoms with Crippen LogP contribution in [0.25, 0.3) is 0 Å². The number of carbonyl (C=O) groups is 2. The van der Waals surface area contributed by atoms with E-state index in [0.29, 0.717) is 12.8 Å². The molecule has 0 saturated heterocycles. The highest BCUT2D eigenvalue weighted by molar-refractivity contribution is 7.87. The summed E-state index contributed by atoms with van der Waals surface area (Å²) in [5.41, 5.74) is 0. The molecule has 0 aromatic rings. The zero-order valence-electron chi connectivity index (χ0n) is 10.1. The summed E-state index contributed by atoms with van der Waals surface area (Å²) >= 11 is 0. The highest BCUT2D eigenvalue weighted by Crippen LogP contribution is 2.29. The van der Waals surface area contributed by atoms with Gasteiger partial charge in [-0.15, -0.1) is 0 Å². The molecule has 1 rings (SSSR count). The quantitative estimate of drug-likeness (QED) is 0.618. The molecule has 1 saturated carbocycles. The van der Waals surface area contributed by atoms with Crippen LogP contribution < -0.4 is 0 Å². The SMILES string of the molecule is CC(OC(=O)C(F)(F)S(=O)(=O)O)C1CCC(=O)CC1. The lowest BCUT2D eigenvalue weighted by Gasteiger charge is -2.27. The molecule has 0 aromatic carbocycles. The van der Waals surface area contributed by atoms with Gasteiger partial charge >= 0.3 is 21.3 Å². The molecule has 0 amide bonds. The first-order valence-corrected chi connectivity index (χ1v) is 7.07. The minimum Gasteiger partial charge on any atom is -0.457 e. The van der Waals surface area contributed by atoms with Crippen LogP contribution >= 0.6 is 0 Å². The molecule has 0 spiro atoms. The van der Waals surface area contributed by atoms with E-state index in [1.807, 2.05) is 0 Å². The molecule has 9 heteroatoms. The van der Waals surface area contributed by atoms with Crippen LogP contribution in [0.4, 0.5) is 8.78 Å². The summed E-state index contributed by atoms with van der Waals surface area (Å²) < 4.78 is 59.2. The standard InChI is InChI=1S/C10H14F2O6S/c1-6(7-2-4-8(13)5-3-7)18-9(14)10(11,12)19(15,16)17/h6-7H,2-5H2,1H3,(H,15,16,17). The van der Waals surface area contributed by atoms with Crippen LogP contribution in [0.15, 0.2) is 0 Å². The summed E-state index contributed by atoms with van der Waals surface area (Å²) in [6, 6.07) is 0. The fraction of sp³-hybridized carbons (Fsp3) is 0.800. The average Bonchev–Trinajstić information content (AvgIpc) is 2.28. The number of hydrogen-bond donors (Lipinski definition) is 1. The number of ketones is 1. The van der Waals surface area contributed by atoms with Crippen molar-refractivity contribution in [2.45, 2.75) is 44.0 Å². The van der Waals surface area contributed by atoms with E-state index in [1.54, 1.807) is 0 Å². The van der Waals surface area contributed by atoms with Crippen LogP contribution in [0.3, 0.4) is 0 Å². The summed E-state index contributed by atoms with van der Waals surface area (Å²) in [5, 5.41) is -4.98. The number of ether oxygens (including phenoxy) is 1. The molecule has 0 bridgehead atoms. The zero-order chi connectivity index (χ0) is 14.8. The molecular weight excluding hydrogens is 286 g/mol. The maximum atomic E-state index is 12.9. The van der Waals surface area contributed by atoms with Crippen molar-refractivity contribution in [3.63, 3.8) is 0 Å². The second-order valence-corrected chi connectivity index (χ2v) is 5.94. The zero-order valence-corrected chi connectivity index (χ0v) is 11.0. The maximum Gasteiger partial charge on any atom is 0.465 e. The number of esters is 1. The number of hydrogen-bond acceptors (Lipinski definition) is 5. The van der Waals surface area contributed by atoms with Crippen molar-refractivity contribution in [3.05, 3.63) is 0 Å². The van der Waals surface area contributed by atoms with Crippen LogP contribution in [-0.2, 0) is 24.4 Å². The highest BCUT2D eigenvalue weighted by Gasteiger charge is 2.54. The lowest BCUT2D eigenvalue weighted by molar-refractivity contribution is -0.169. The fourth-order valence-electron chi connectivity index (χ4n) is 1.87. The minimum absolute atomic E-state index is 0.0537. The first kappa shape index (κ1) is 16.0. The van der Waals surface area contributed by atoms with Gasteiger partial charge in [0.1, 0.15) is 11.9 Å². The molecule has 1 unspecified atom stereocenters. The Morgan fingerprint density at radius 1 is 1.42 bits per heavy atom. The molecule has 1 aliphatic rings. The molecule has 1 atom stereocenters. The van der Waals surface area contributed by atoms with Gasteiger partial charge in [0, 0.05) is 12.8 Å². The number of alkyl halides is 2. The Morgan fingerprint density at radius 3 is 2.32 bits per heavy atom. The van der Waals surface area contributed by atoms with Gasteiger partial charge in [-0.3, -0.25) is 9.35 Å². The van der Waals surface area contributed by atoms with Crippen molar-refractivity contribution in [2.75, 3.05) is 0 Å². The van der Waals surface area contributed by atoms with Crippen LogP contribution in [0, 0.1) is 5.92 Å². The highest BCUT2D eigenvalue weighted by atomic mass is 32.2. The monoisotopic (exact) mass is 300 g/mol. The third-order valence-corrected chi connectivity index (χ3v) is 3.92. The third-order valence-electron chi connectivity index (χ3n) is 3.11. The summed E-state index contributed by atoms with van der Waals surface area (Å²) in [4.78, 5) is 22.1. The van der Waals surface area contributed by atoms with Gasteiger partial charge in [-0.2, -0.15) is 17.2 Å². The Balaban J connectivity index is 2.64. The Morgan fingerprint density at radius 2 is 1.89 bits per heavy atom. The van der Waals surface area contributed by atoms with Gasteiger partial charge in [-0.25, -0.2) is 4.79 Å². The van der Waals surface area contributed by atoms with Crippen LogP contribution in [-0.4, -0.2) is 36.1 Å². The second kappa shape index (κ2) is 5.49. The van der Waals surface area contributed by atoms with Gasteiger partial charge in [0.25, 0.3) is 0 Å². The Kier molecular flexibility index (Phi) is 4.62. The van der Waals surface area contributed by atoms with E-state index in [1.165, 1.54) is 6.92 Å². The second-order valence-electron chi connectivity index (χ2n) is 4.48. The van der Waals surface area contributed by atoms with Gasteiger partial charge in [0.2, 0.25) is 0 Å². The van der Waals surface area contributed by atoms with Crippen molar-refractivity contribution < 1.29 is 36.1 Å². The van der Waals surface area contributed by atoms with Gasteiger partial charge in [-0.1, -0.05) is 0 Å². The summed E-state index contributed by atoms with van der Waals surface area (Å²) in [6.07, 6.45) is 0.394. The molecule has 0 aliphatic heterocycles. The lowest BCUT2D eigenvalue weighted by atomic mass is 9.85. The molecule has 0 radical (unpaired) electrons. The van der Waals surface area contributed by atoms with Crippen molar-refractivity contribution in [3.8, 4) is 0 Å². The van der Waals surface area contributed by atoms with E-state index in [0.717, 1.165) is 0 Å². The molecule has 6 nitrogen and oxygen atoms in total. The van der Waals surface area contributed by atoms with Gasteiger partial charge < -0.3 is 4.74 Å². The van der Waals surface area contributed by atoms with E-state index in [2.05, 4.69) is 4.74 Å². The molecule has 1 N–H and O–H groups in total. The van der Waals surface area contributed by atoms with Crippen LogP contribution in [0.5, 0.6) is 0 Å². The summed E-state index contributed by atoms with van der Waals surface area (Å²) in [5.74, 6) is -2.53. The predicted molar refractivity (Wildman–Crippen MR) is 59.0 cm³/mol. The molecule has 110 valence electrons. The van der Waals surface area contributed by atoms with E-state index >= 15 is 0 Å². The number of Topliss-reactive ketones (excluding diaryl/α,β-unsaturated/α-hetero) is 1. The maximum absolute atomic E-state index is 12.9. The van der Waals surface area contributed by atoms with Crippen molar-refractivity contribution in [1.82, 2.24) is 0 Å². The number of halogens is 2. The number of rotatable bonds is 4. The first-order chi connectivity index (χ1) is 8.55. The topological polar surface area (TPSA) is 97.7 Å². The van der Waals surface area contributed by atoms with Crippen molar-refractivity contribution in [1.29, 1.82) is 0 Å². The van der Waals surface area contributed by atoms with Gasteiger partial charge in [-0.05, 0) is 25.7 Å². The molecule has 0 aromatic heterocycles. The Bertz CT molecular complexity index is 462. The first-order valence-electron chi connectivity index (χ1n) is 5.63. The average molecular weight is 300 g/mol. The van der Waals surface area contributed by atoms with Crippen molar-refractivity contribution >= 4 is 21.9 Å². The van der Waals surface area contributed by atoms with Gasteiger partial charge in [0.05, 0.1) is 0 Å². The molecule has 19 heavy (non-hydrogen) atoms. The molecule has 1 fully saturated rings. The largest absolute Gasteiger partial charge is 0.465 e. The molecule has 0 heterocycles. The van der Waals surface area contributed by atoms with E-state index < -0.39 is 27.4 Å². The summed E-state index contributed by atoms with van der Waals surface area (Å²) in [6.45, 7) is 1.35. The Hall–Kier alpha value is -1.09. The number of carbonyl (C=O) groups excluding carboxylic acids is 2.